The van der Waals surface area contributed by atoms with Crippen LogP contribution in [0.3, 0.4) is 0 Å². The van der Waals surface area contributed by atoms with Gasteiger partial charge in [-0.3, -0.25) is 9.59 Å². The molecule has 3 rings (SSSR count). The van der Waals surface area contributed by atoms with Crippen molar-refractivity contribution in [2.24, 2.45) is 0 Å². The Balaban J connectivity index is 1.65. The van der Waals surface area contributed by atoms with Crippen molar-refractivity contribution in [2.45, 2.75) is 32.8 Å². The number of carbonyl (C=O) groups excluding carboxylic acids is 2. The molecule has 0 fully saturated rings. The third kappa shape index (κ3) is 3.77. The third-order valence-electron chi connectivity index (χ3n) is 4.30. The van der Waals surface area contributed by atoms with Crippen LogP contribution in [0.15, 0.2) is 53.1 Å². The lowest BCUT2D eigenvalue weighted by molar-refractivity contribution is -0.145. The number of fused-ring (bicyclic) bond motifs is 1. The molecule has 5 heteroatoms. The fourth-order valence-corrected chi connectivity index (χ4v) is 2.80. The molecule has 5 nitrogen and oxygen atoms in total. The molecule has 1 N–H and O–H groups in total. The number of benzene rings is 2. The Labute approximate surface area is 151 Å². The molecule has 1 aromatic heterocycles. The van der Waals surface area contributed by atoms with E-state index in [-0.39, 0.29) is 18.0 Å². The number of Topliss-reactive ketones (excluding diaryl/α,β-unsaturated/α-hetero) is 1. The number of phenolic OH excluding ortho intramolecular Hbond substituents is 1. The van der Waals surface area contributed by atoms with Crippen LogP contribution >= 0.6 is 0 Å². The zero-order valence-corrected chi connectivity index (χ0v) is 14.7. The van der Waals surface area contributed by atoms with E-state index in [4.69, 9.17) is 9.15 Å². The summed E-state index contributed by atoms with van der Waals surface area (Å²) in [5.74, 6) is -0.649. The number of carbonyl (C=O) groups is 2. The summed E-state index contributed by atoms with van der Waals surface area (Å²) < 4.78 is 10.6. The lowest BCUT2D eigenvalue weighted by Gasteiger charge is -2.12. The quantitative estimate of drug-likeness (QED) is 0.535. The van der Waals surface area contributed by atoms with Gasteiger partial charge in [0.1, 0.15) is 11.3 Å². The molecule has 0 aliphatic carbocycles. The van der Waals surface area contributed by atoms with Crippen molar-refractivity contribution in [3.8, 4) is 5.75 Å². The number of phenols is 1. The van der Waals surface area contributed by atoms with Gasteiger partial charge in [0.15, 0.2) is 6.10 Å². The average molecular weight is 352 g/mol. The Morgan fingerprint density at radius 3 is 2.58 bits per heavy atom. The Morgan fingerprint density at radius 2 is 1.88 bits per heavy atom. The van der Waals surface area contributed by atoms with Gasteiger partial charge >= 0.3 is 5.97 Å². The molecule has 26 heavy (non-hydrogen) atoms. The molecular weight excluding hydrogens is 332 g/mol. The largest absolute Gasteiger partial charge is 0.508 e. The normalized spacial score (nSPS) is 12.1. The van der Waals surface area contributed by atoms with Gasteiger partial charge in [-0.05, 0) is 31.0 Å². The molecule has 0 saturated heterocycles. The first-order chi connectivity index (χ1) is 12.5. The summed E-state index contributed by atoms with van der Waals surface area (Å²) in [6, 6.07) is 12.0. The molecule has 0 radical (unpaired) electrons. The highest BCUT2D eigenvalue weighted by molar-refractivity contribution is 6.00. The summed E-state index contributed by atoms with van der Waals surface area (Å²) in [6.07, 6.45) is 1.48. The number of hydrogen-bond acceptors (Lipinski definition) is 5. The van der Waals surface area contributed by atoms with Crippen LogP contribution in [0.5, 0.6) is 5.75 Å². The number of rotatable bonds is 6. The van der Waals surface area contributed by atoms with Crippen molar-refractivity contribution in [3.63, 3.8) is 0 Å². The van der Waals surface area contributed by atoms with E-state index < -0.39 is 12.1 Å². The fraction of sp³-hybridized carbons (Fsp3) is 0.238. The lowest BCUT2D eigenvalue weighted by Crippen LogP contribution is -2.25. The monoisotopic (exact) mass is 352 g/mol. The second-order valence-corrected chi connectivity index (χ2v) is 6.16. The SMILES string of the molecule is CCc1ccc(C(=O)[C@@H](C)OC(=O)Cc2coc3cc(O)ccc23)cc1. The Kier molecular flexibility index (Phi) is 5.07. The Bertz CT molecular complexity index is 937. The van der Waals surface area contributed by atoms with E-state index in [9.17, 15) is 14.7 Å². The van der Waals surface area contributed by atoms with Gasteiger partial charge in [0, 0.05) is 22.6 Å². The van der Waals surface area contributed by atoms with E-state index in [0.717, 1.165) is 17.4 Å². The van der Waals surface area contributed by atoms with E-state index in [2.05, 4.69) is 0 Å². The minimum Gasteiger partial charge on any atom is -0.508 e. The number of furan rings is 1. The minimum absolute atomic E-state index is 0.00975. The maximum Gasteiger partial charge on any atom is 0.311 e. The summed E-state index contributed by atoms with van der Waals surface area (Å²) in [7, 11) is 0. The van der Waals surface area contributed by atoms with Crippen LogP contribution in [0, 0.1) is 0 Å². The van der Waals surface area contributed by atoms with Crippen LogP contribution in [-0.2, 0) is 22.4 Å². The van der Waals surface area contributed by atoms with Crippen molar-refractivity contribution >= 4 is 22.7 Å². The molecule has 0 aliphatic heterocycles. The van der Waals surface area contributed by atoms with Gasteiger partial charge in [-0.25, -0.2) is 0 Å². The summed E-state index contributed by atoms with van der Waals surface area (Å²) in [5.41, 5.74) is 2.81. The number of aryl methyl sites for hydroxylation is 1. The lowest BCUT2D eigenvalue weighted by atomic mass is 10.0. The van der Waals surface area contributed by atoms with E-state index in [0.29, 0.717) is 16.7 Å². The highest BCUT2D eigenvalue weighted by atomic mass is 16.5. The third-order valence-corrected chi connectivity index (χ3v) is 4.30. The van der Waals surface area contributed by atoms with Crippen molar-refractivity contribution in [1.82, 2.24) is 0 Å². The van der Waals surface area contributed by atoms with Crippen molar-refractivity contribution in [2.75, 3.05) is 0 Å². The number of aromatic hydroxyl groups is 1. The van der Waals surface area contributed by atoms with E-state index in [1.807, 2.05) is 19.1 Å². The second kappa shape index (κ2) is 7.44. The first kappa shape index (κ1) is 17.7. The molecule has 0 spiro atoms. The van der Waals surface area contributed by atoms with E-state index in [1.165, 1.54) is 18.4 Å². The number of ether oxygens (including phenoxy) is 1. The average Bonchev–Trinajstić information content (AvgIpc) is 3.02. The number of hydrogen-bond donors (Lipinski definition) is 1. The van der Waals surface area contributed by atoms with Gasteiger partial charge < -0.3 is 14.3 Å². The second-order valence-electron chi connectivity index (χ2n) is 6.16. The molecule has 0 aliphatic rings. The standard InChI is InChI=1S/C21H20O5/c1-3-14-4-6-15(7-5-14)21(24)13(2)26-20(23)10-16-12-25-19-11-17(22)8-9-18(16)19/h4-9,11-13,22H,3,10H2,1-2H3/t13-/m1/s1. The molecule has 0 amide bonds. The summed E-state index contributed by atoms with van der Waals surface area (Å²) in [4.78, 5) is 24.6. The highest BCUT2D eigenvalue weighted by Gasteiger charge is 2.20. The number of ketones is 1. The summed E-state index contributed by atoms with van der Waals surface area (Å²) >= 11 is 0. The Morgan fingerprint density at radius 1 is 1.15 bits per heavy atom. The predicted octanol–water partition coefficient (Wildman–Crippen LogP) is 4.06. The molecule has 0 bridgehead atoms. The van der Waals surface area contributed by atoms with E-state index in [1.54, 1.807) is 25.1 Å². The summed E-state index contributed by atoms with van der Waals surface area (Å²) in [6.45, 7) is 3.61. The number of esters is 1. The van der Waals surface area contributed by atoms with Crippen LogP contribution in [0.1, 0.15) is 35.3 Å². The molecule has 1 heterocycles. The van der Waals surface area contributed by atoms with Crippen LogP contribution in [0.2, 0.25) is 0 Å². The van der Waals surface area contributed by atoms with Gasteiger partial charge in [-0.15, -0.1) is 0 Å². The molecule has 3 aromatic rings. The van der Waals surface area contributed by atoms with Crippen molar-refractivity contribution < 1.29 is 23.8 Å². The topological polar surface area (TPSA) is 76.7 Å². The maximum absolute atomic E-state index is 12.4. The fourth-order valence-electron chi connectivity index (χ4n) is 2.80. The van der Waals surface area contributed by atoms with Gasteiger partial charge in [0.25, 0.3) is 0 Å². The highest BCUT2D eigenvalue weighted by Crippen LogP contribution is 2.25. The maximum atomic E-state index is 12.4. The van der Waals surface area contributed by atoms with Gasteiger partial charge in [-0.2, -0.15) is 0 Å². The Hall–Kier alpha value is -3.08. The van der Waals surface area contributed by atoms with Crippen LogP contribution in [0.4, 0.5) is 0 Å². The molecule has 2 aromatic carbocycles. The predicted molar refractivity (Wildman–Crippen MR) is 97.3 cm³/mol. The van der Waals surface area contributed by atoms with Crippen LogP contribution < -0.4 is 0 Å². The van der Waals surface area contributed by atoms with E-state index >= 15 is 0 Å². The van der Waals surface area contributed by atoms with Crippen molar-refractivity contribution in [3.05, 3.63) is 65.4 Å². The van der Waals surface area contributed by atoms with Crippen molar-refractivity contribution in [1.29, 1.82) is 0 Å². The molecule has 134 valence electrons. The molecule has 1 atom stereocenters. The van der Waals surface area contributed by atoms with Gasteiger partial charge in [0.05, 0.1) is 12.7 Å². The van der Waals surface area contributed by atoms with Gasteiger partial charge in [0.2, 0.25) is 5.78 Å². The smallest absolute Gasteiger partial charge is 0.311 e. The van der Waals surface area contributed by atoms with Crippen LogP contribution in [0.25, 0.3) is 11.0 Å². The summed E-state index contributed by atoms with van der Waals surface area (Å²) in [5, 5.41) is 10.2. The first-order valence-electron chi connectivity index (χ1n) is 8.49. The first-order valence-corrected chi connectivity index (χ1v) is 8.49. The molecule has 0 saturated carbocycles. The zero-order chi connectivity index (χ0) is 18.7. The van der Waals surface area contributed by atoms with Gasteiger partial charge in [-0.1, -0.05) is 31.2 Å². The molecule has 0 unspecified atom stereocenters. The van der Waals surface area contributed by atoms with Crippen LogP contribution in [-0.4, -0.2) is 23.0 Å². The molecular formula is C21H20O5. The minimum atomic E-state index is -0.864. The zero-order valence-electron chi connectivity index (χ0n) is 14.7.